The van der Waals surface area contributed by atoms with Crippen LogP contribution in [0.5, 0.6) is 0 Å². The summed E-state index contributed by atoms with van der Waals surface area (Å²) in [5.41, 5.74) is 4.59. The van der Waals surface area contributed by atoms with Gasteiger partial charge in [0, 0.05) is 5.71 Å². The molecule has 0 atom stereocenters. The van der Waals surface area contributed by atoms with Gasteiger partial charge in [-0.2, -0.15) is 0 Å². The largest absolute Gasteiger partial charge is 0.484 e. The van der Waals surface area contributed by atoms with Crippen molar-refractivity contribution in [3.8, 4) is 0 Å². The van der Waals surface area contributed by atoms with Gasteiger partial charge in [0.15, 0.2) is 0 Å². The Kier molecular flexibility index (Phi) is 4.72. The summed E-state index contributed by atoms with van der Waals surface area (Å²) in [6.45, 7) is 3.99. The zero-order chi connectivity index (χ0) is 14.5. The monoisotopic (exact) mass is 267 g/mol. The summed E-state index contributed by atoms with van der Waals surface area (Å²) >= 11 is 0. The molecule has 0 fully saturated rings. The van der Waals surface area contributed by atoms with Crippen LogP contribution in [0.2, 0.25) is 0 Å². The number of aryl methyl sites for hydroxylation is 1. The van der Waals surface area contributed by atoms with E-state index in [1.54, 1.807) is 6.08 Å². The number of aliphatic imine (C=N–C) groups is 1. The average Bonchev–Trinajstić information content (AvgIpc) is 2.67. The molecule has 1 aromatic rings. The maximum atomic E-state index is 9.19. The Morgan fingerprint density at radius 2 is 2.00 bits per heavy atom. The maximum Gasteiger partial charge on any atom is 0.484 e. The van der Waals surface area contributed by atoms with E-state index in [1.165, 1.54) is 0 Å². The molecule has 0 radical (unpaired) electrons. The molecule has 20 heavy (non-hydrogen) atoms. The van der Waals surface area contributed by atoms with Gasteiger partial charge in [0.1, 0.15) is 0 Å². The summed E-state index contributed by atoms with van der Waals surface area (Å²) < 4.78 is 0. The number of nitrogens with zero attached hydrogens (tertiary/aromatic N) is 1. The highest BCUT2D eigenvalue weighted by Crippen LogP contribution is 2.20. The molecule has 0 heterocycles. The fraction of sp³-hybridized carbons (Fsp3) is 0.188. The van der Waals surface area contributed by atoms with E-state index < -0.39 is 7.12 Å². The first kappa shape index (κ1) is 14.5. The molecule has 2 N–H and O–H groups in total. The van der Waals surface area contributed by atoms with Crippen molar-refractivity contribution in [3.63, 3.8) is 0 Å². The molecule has 0 aromatic heterocycles. The smallest absolute Gasteiger partial charge is 0.423 e. The topological polar surface area (TPSA) is 52.8 Å². The highest BCUT2D eigenvalue weighted by Gasteiger charge is 2.14. The minimum absolute atomic E-state index is 0.515. The highest BCUT2D eigenvalue weighted by molar-refractivity contribution is 6.50. The molecular formula is C16H18BNO2. The Bertz CT molecular complexity index is 613. The van der Waals surface area contributed by atoms with Gasteiger partial charge in [-0.3, -0.25) is 4.99 Å². The summed E-state index contributed by atoms with van der Waals surface area (Å²) in [6, 6.07) is 7.98. The third-order valence-electron chi connectivity index (χ3n) is 3.30. The number of hydrogen-bond acceptors (Lipinski definition) is 3. The molecule has 0 saturated carbocycles. The number of rotatable bonds is 3. The Hall–Kier alpha value is -1.91. The normalized spacial score (nSPS) is 15.5. The van der Waals surface area contributed by atoms with Crippen LogP contribution >= 0.6 is 0 Å². The second-order valence-corrected chi connectivity index (χ2v) is 4.82. The van der Waals surface area contributed by atoms with E-state index in [0.29, 0.717) is 11.9 Å². The van der Waals surface area contributed by atoms with Crippen molar-refractivity contribution >= 4 is 18.5 Å². The van der Waals surface area contributed by atoms with Gasteiger partial charge in [-0.1, -0.05) is 42.5 Å². The first-order chi connectivity index (χ1) is 9.58. The van der Waals surface area contributed by atoms with E-state index in [1.807, 2.05) is 56.3 Å². The molecule has 0 bridgehead atoms. The van der Waals surface area contributed by atoms with Crippen molar-refractivity contribution in [1.29, 1.82) is 0 Å². The van der Waals surface area contributed by atoms with Crippen LogP contribution in [-0.2, 0) is 0 Å². The molecule has 1 aliphatic carbocycles. The average molecular weight is 267 g/mol. The molecular weight excluding hydrogens is 249 g/mol. The van der Waals surface area contributed by atoms with Gasteiger partial charge in [-0.15, -0.1) is 0 Å². The second-order valence-electron chi connectivity index (χ2n) is 4.82. The fourth-order valence-corrected chi connectivity index (χ4v) is 2.03. The lowest BCUT2D eigenvalue weighted by Gasteiger charge is -2.04. The number of para-hydroxylation sites is 1. The number of hydrogen-bond donors (Lipinski definition) is 2. The lowest BCUT2D eigenvalue weighted by Crippen LogP contribution is -2.14. The summed E-state index contributed by atoms with van der Waals surface area (Å²) in [5.74, 6) is 0. The van der Waals surface area contributed by atoms with Gasteiger partial charge in [0.25, 0.3) is 0 Å². The lowest BCUT2D eigenvalue weighted by molar-refractivity contribution is 0.418. The van der Waals surface area contributed by atoms with Crippen molar-refractivity contribution in [1.82, 2.24) is 0 Å². The van der Waals surface area contributed by atoms with E-state index in [-0.39, 0.29) is 0 Å². The van der Waals surface area contributed by atoms with Gasteiger partial charge in [0.2, 0.25) is 0 Å². The molecule has 0 spiro atoms. The quantitative estimate of drug-likeness (QED) is 0.653. The van der Waals surface area contributed by atoms with E-state index in [2.05, 4.69) is 4.99 Å². The third kappa shape index (κ3) is 3.56. The van der Waals surface area contributed by atoms with Gasteiger partial charge >= 0.3 is 7.12 Å². The number of benzene rings is 1. The van der Waals surface area contributed by atoms with Crippen LogP contribution in [0.1, 0.15) is 18.9 Å². The molecule has 3 nitrogen and oxygen atoms in total. The van der Waals surface area contributed by atoms with Gasteiger partial charge < -0.3 is 10.0 Å². The Labute approximate surface area is 119 Å². The minimum atomic E-state index is -1.40. The summed E-state index contributed by atoms with van der Waals surface area (Å²) in [6.07, 6.45) is 7.97. The predicted molar refractivity (Wildman–Crippen MR) is 84.1 cm³/mol. The predicted octanol–water partition coefficient (Wildman–Crippen LogP) is 2.91. The lowest BCUT2D eigenvalue weighted by atomic mass is 9.77. The molecule has 0 amide bonds. The third-order valence-corrected chi connectivity index (χ3v) is 3.30. The minimum Gasteiger partial charge on any atom is -0.423 e. The first-order valence-electron chi connectivity index (χ1n) is 6.62. The van der Waals surface area contributed by atoms with E-state index in [0.717, 1.165) is 22.5 Å². The molecule has 1 aliphatic rings. The van der Waals surface area contributed by atoms with Crippen LogP contribution in [0, 0.1) is 6.92 Å². The maximum absolute atomic E-state index is 9.19. The zero-order valence-corrected chi connectivity index (χ0v) is 11.7. The molecule has 0 aliphatic heterocycles. The van der Waals surface area contributed by atoms with Crippen LogP contribution < -0.4 is 0 Å². The van der Waals surface area contributed by atoms with Crippen LogP contribution in [0.25, 0.3) is 0 Å². The van der Waals surface area contributed by atoms with Crippen molar-refractivity contribution in [2.45, 2.75) is 20.3 Å². The second kappa shape index (κ2) is 6.50. The summed E-state index contributed by atoms with van der Waals surface area (Å²) in [7, 11) is -1.40. The first-order valence-corrected chi connectivity index (χ1v) is 6.62. The van der Waals surface area contributed by atoms with Crippen LogP contribution in [0.3, 0.4) is 0 Å². The molecule has 1 aromatic carbocycles. The van der Waals surface area contributed by atoms with Crippen LogP contribution in [0.4, 0.5) is 5.69 Å². The van der Waals surface area contributed by atoms with E-state index >= 15 is 0 Å². The van der Waals surface area contributed by atoms with Crippen LogP contribution in [0.15, 0.2) is 64.6 Å². The van der Waals surface area contributed by atoms with Gasteiger partial charge in [0.05, 0.1) is 5.69 Å². The fourth-order valence-electron chi connectivity index (χ4n) is 2.03. The van der Waals surface area contributed by atoms with Crippen molar-refractivity contribution in [2.75, 3.05) is 0 Å². The van der Waals surface area contributed by atoms with E-state index in [4.69, 9.17) is 0 Å². The standard InChI is InChI=1S/C16H18BNO2/c1-12-6-3-4-9-16(12)18-13(2)14-7-5-8-15(11-10-14)17(19)20/h3-10,19-20H,11H2,1-2H3/b18-13+. The molecule has 102 valence electrons. The Morgan fingerprint density at radius 1 is 1.25 bits per heavy atom. The summed E-state index contributed by atoms with van der Waals surface area (Å²) in [5, 5.41) is 18.4. The van der Waals surface area contributed by atoms with Crippen molar-refractivity contribution in [3.05, 3.63) is 65.2 Å². The van der Waals surface area contributed by atoms with E-state index in [9.17, 15) is 10.0 Å². The van der Waals surface area contributed by atoms with Crippen molar-refractivity contribution in [2.24, 2.45) is 4.99 Å². The number of allylic oxidation sites excluding steroid dienone is 6. The molecule has 0 unspecified atom stereocenters. The molecule has 2 rings (SSSR count). The zero-order valence-electron chi connectivity index (χ0n) is 11.7. The highest BCUT2D eigenvalue weighted by atomic mass is 16.4. The van der Waals surface area contributed by atoms with Crippen LogP contribution in [-0.4, -0.2) is 22.9 Å². The Balaban J connectivity index is 2.23. The van der Waals surface area contributed by atoms with Gasteiger partial charge in [-0.25, -0.2) is 0 Å². The van der Waals surface area contributed by atoms with Crippen molar-refractivity contribution < 1.29 is 10.0 Å². The molecule has 4 heteroatoms. The van der Waals surface area contributed by atoms with Gasteiger partial charge in [-0.05, 0) is 42.9 Å². The summed E-state index contributed by atoms with van der Waals surface area (Å²) in [4.78, 5) is 4.64. The molecule has 0 saturated heterocycles. The SMILES string of the molecule is C/C(=N\c1ccccc1C)C1=CCC(B(O)O)=CC=C1. The Morgan fingerprint density at radius 3 is 2.70 bits per heavy atom.